The minimum absolute atomic E-state index is 0.372. The van der Waals surface area contributed by atoms with Crippen molar-refractivity contribution in [3.63, 3.8) is 0 Å². The van der Waals surface area contributed by atoms with E-state index in [1.807, 2.05) is 18.0 Å². The lowest BCUT2D eigenvalue weighted by Crippen LogP contribution is -2.33. The Morgan fingerprint density at radius 1 is 1.50 bits per heavy atom. The number of hydrogen-bond acceptors (Lipinski definition) is 5. The molecule has 0 bridgehead atoms. The Morgan fingerprint density at radius 2 is 2.30 bits per heavy atom. The summed E-state index contributed by atoms with van der Waals surface area (Å²) in [6.07, 6.45) is 3.27. The molecule has 2 rings (SSSR count). The van der Waals surface area contributed by atoms with Crippen LogP contribution in [0.1, 0.15) is 44.6 Å². The fourth-order valence-corrected chi connectivity index (χ4v) is 3.66. The summed E-state index contributed by atoms with van der Waals surface area (Å²) >= 11 is 2.04. The third-order valence-electron chi connectivity index (χ3n) is 3.76. The number of anilines is 1. The van der Waals surface area contributed by atoms with Crippen LogP contribution in [0.15, 0.2) is 6.20 Å². The fraction of sp³-hybridized carbons (Fsp3) is 0.733. The number of thioether (sulfide) groups is 1. The van der Waals surface area contributed by atoms with Crippen LogP contribution in [0.2, 0.25) is 0 Å². The van der Waals surface area contributed by atoms with Gasteiger partial charge in [0.2, 0.25) is 0 Å². The molecule has 1 fully saturated rings. The van der Waals surface area contributed by atoms with Gasteiger partial charge in [0.05, 0.1) is 17.6 Å². The summed E-state index contributed by atoms with van der Waals surface area (Å²) in [6, 6.07) is 0.619. The van der Waals surface area contributed by atoms with Gasteiger partial charge in [-0.2, -0.15) is 11.8 Å². The molecule has 0 spiro atoms. The van der Waals surface area contributed by atoms with Crippen molar-refractivity contribution in [2.75, 3.05) is 30.0 Å². The van der Waals surface area contributed by atoms with E-state index in [2.05, 4.69) is 43.0 Å². The van der Waals surface area contributed by atoms with Crippen LogP contribution in [0, 0.1) is 0 Å². The summed E-state index contributed by atoms with van der Waals surface area (Å²) in [5.74, 6) is 3.79. The van der Waals surface area contributed by atoms with E-state index in [4.69, 9.17) is 4.98 Å². The van der Waals surface area contributed by atoms with Crippen LogP contribution in [0.3, 0.4) is 0 Å². The molecule has 4 nitrogen and oxygen atoms in total. The number of nitrogens with zero attached hydrogens (tertiary/aromatic N) is 3. The monoisotopic (exact) mass is 294 g/mol. The van der Waals surface area contributed by atoms with Crippen LogP contribution < -0.4 is 10.2 Å². The summed E-state index contributed by atoms with van der Waals surface area (Å²) in [7, 11) is 2.18. The van der Waals surface area contributed by atoms with E-state index in [0.29, 0.717) is 12.0 Å². The van der Waals surface area contributed by atoms with Crippen LogP contribution in [-0.2, 0) is 6.54 Å². The maximum Gasteiger partial charge on any atom is 0.131 e. The molecule has 0 amide bonds. The third kappa shape index (κ3) is 3.64. The minimum atomic E-state index is 0.372. The fourth-order valence-electron chi connectivity index (χ4n) is 2.40. The number of aromatic nitrogens is 2. The van der Waals surface area contributed by atoms with E-state index in [1.165, 1.54) is 23.6 Å². The Labute approximate surface area is 126 Å². The van der Waals surface area contributed by atoms with Crippen molar-refractivity contribution in [1.82, 2.24) is 15.3 Å². The van der Waals surface area contributed by atoms with Gasteiger partial charge in [-0.15, -0.1) is 0 Å². The van der Waals surface area contributed by atoms with E-state index >= 15 is 0 Å². The van der Waals surface area contributed by atoms with Crippen LogP contribution in [-0.4, -0.2) is 41.1 Å². The highest BCUT2D eigenvalue weighted by molar-refractivity contribution is 7.99. The molecular formula is C15H26N4S. The molecule has 5 heteroatoms. The van der Waals surface area contributed by atoms with Gasteiger partial charge in [-0.3, -0.25) is 0 Å². The molecular weight excluding hydrogens is 268 g/mol. The lowest BCUT2D eigenvalue weighted by Gasteiger charge is -2.28. The molecule has 112 valence electrons. The summed E-state index contributed by atoms with van der Waals surface area (Å²) in [5, 5.41) is 3.39. The maximum atomic E-state index is 4.78. The normalized spacial score (nSPS) is 18.8. The van der Waals surface area contributed by atoms with E-state index in [9.17, 15) is 0 Å². The topological polar surface area (TPSA) is 41.1 Å². The minimum Gasteiger partial charge on any atom is -0.368 e. The van der Waals surface area contributed by atoms with E-state index in [0.717, 1.165) is 24.6 Å². The molecule has 0 radical (unpaired) electrons. The Kier molecular flexibility index (Phi) is 5.66. The SMILES string of the molecule is CCNCc1nc(C(C)C)ncc1N(C)C1CCSC1. The van der Waals surface area contributed by atoms with Gasteiger partial charge < -0.3 is 10.2 Å². The van der Waals surface area contributed by atoms with Crippen molar-refractivity contribution in [1.29, 1.82) is 0 Å². The summed E-state index contributed by atoms with van der Waals surface area (Å²) < 4.78 is 0. The zero-order valence-electron chi connectivity index (χ0n) is 13.0. The molecule has 1 saturated heterocycles. The standard InChI is InChI=1S/C15H26N4S/c1-5-16-8-13-14(9-17-15(18-13)11(2)3)19(4)12-6-7-20-10-12/h9,11-12,16H,5-8,10H2,1-4H3. The molecule has 0 aromatic carbocycles. The molecule has 1 aliphatic rings. The van der Waals surface area contributed by atoms with Crippen LogP contribution in [0.5, 0.6) is 0 Å². The molecule has 1 aromatic heterocycles. The quantitative estimate of drug-likeness (QED) is 0.873. The first kappa shape index (κ1) is 15.6. The molecule has 1 N–H and O–H groups in total. The molecule has 1 aromatic rings. The summed E-state index contributed by atoms with van der Waals surface area (Å²) in [6.45, 7) is 8.19. The average Bonchev–Trinajstić information content (AvgIpc) is 2.98. The first-order chi connectivity index (χ1) is 9.63. The van der Waals surface area contributed by atoms with E-state index < -0.39 is 0 Å². The van der Waals surface area contributed by atoms with Gasteiger partial charge in [0.1, 0.15) is 5.82 Å². The van der Waals surface area contributed by atoms with Crippen LogP contribution >= 0.6 is 11.8 Å². The molecule has 1 atom stereocenters. The van der Waals surface area contributed by atoms with Gasteiger partial charge in [0.15, 0.2) is 0 Å². The zero-order chi connectivity index (χ0) is 14.5. The van der Waals surface area contributed by atoms with Crippen molar-refractivity contribution in [2.24, 2.45) is 0 Å². The predicted octanol–water partition coefficient (Wildman–Crippen LogP) is 2.65. The van der Waals surface area contributed by atoms with Gasteiger partial charge >= 0.3 is 0 Å². The molecule has 2 heterocycles. The smallest absolute Gasteiger partial charge is 0.131 e. The van der Waals surface area contributed by atoms with Crippen LogP contribution in [0.25, 0.3) is 0 Å². The van der Waals surface area contributed by atoms with Crippen molar-refractivity contribution >= 4 is 17.4 Å². The van der Waals surface area contributed by atoms with Gasteiger partial charge in [-0.1, -0.05) is 20.8 Å². The summed E-state index contributed by atoms with van der Waals surface area (Å²) in [4.78, 5) is 11.7. The number of hydrogen-bond donors (Lipinski definition) is 1. The first-order valence-electron chi connectivity index (χ1n) is 7.50. The van der Waals surface area contributed by atoms with Gasteiger partial charge in [0.25, 0.3) is 0 Å². The van der Waals surface area contributed by atoms with Gasteiger partial charge in [-0.05, 0) is 18.7 Å². The third-order valence-corrected chi connectivity index (χ3v) is 4.90. The Bertz CT molecular complexity index is 430. The molecule has 0 aliphatic carbocycles. The summed E-state index contributed by atoms with van der Waals surface area (Å²) in [5.41, 5.74) is 2.31. The maximum absolute atomic E-state index is 4.78. The molecule has 1 aliphatic heterocycles. The lowest BCUT2D eigenvalue weighted by molar-refractivity contribution is 0.658. The Balaban J connectivity index is 2.24. The van der Waals surface area contributed by atoms with E-state index in [-0.39, 0.29) is 0 Å². The number of rotatable bonds is 6. The van der Waals surface area contributed by atoms with Crippen molar-refractivity contribution < 1.29 is 0 Å². The highest BCUT2D eigenvalue weighted by Crippen LogP contribution is 2.27. The van der Waals surface area contributed by atoms with Crippen molar-refractivity contribution in [3.05, 3.63) is 17.7 Å². The second kappa shape index (κ2) is 7.27. The predicted molar refractivity (Wildman–Crippen MR) is 87.6 cm³/mol. The highest BCUT2D eigenvalue weighted by Gasteiger charge is 2.23. The second-order valence-corrected chi connectivity index (χ2v) is 6.77. The number of nitrogens with one attached hydrogen (secondary N) is 1. The average molecular weight is 294 g/mol. The van der Waals surface area contributed by atoms with Crippen molar-refractivity contribution in [3.8, 4) is 0 Å². The second-order valence-electron chi connectivity index (χ2n) is 5.62. The lowest BCUT2D eigenvalue weighted by atomic mass is 10.1. The highest BCUT2D eigenvalue weighted by atomic mass is 32.2. The largest absolute Gasteiger partial charge is 0.368 e. The Morgan fingerprint density at radius 3 is 2.90 bits per heavy atom. The molecule has 1 unspecified atom stereocenters. The zero-order valence-corrected chi connectivity index (χ0v) is 13.8. The molecule has 0 saturated carbocycles. The Hall–Kier alpha value is -0.810. The first-order valence-corrected chi connectivity index (χ1v) is 8.66. The van der Waals surface area contributed by atoms with Crippen LogP contribution in [0.4, 0.5) is 5.69 Å². The van der Waals surface area contributed by atoms with Gasteiger partial charge in [-0.25, -0.2) is 9.97 Å². The van der Waals surface area contributed by atoms with E-state index in [1.54, 1.807) is 0 Å². The molecule has 20 heavy (non-hydrogen) atoms. The van der Waals surface area contributed by atoms with Crippen molar-refractivity contribution in [2.45, 2.75) is 45.7 Å². The van der Waals surface area contributed by atoms with Gasteiger partial charge in [0, 0.05) is 31.3 Å².